The van der Waals surface area contributed by atoms with Gasteiger partial charge in [0.05, 0.1) is 6.04 Å². The number of primary amides is 1. The van der Waals surface area contributed by atoms with Gasteiger partial charge in [0.1, 0.15) is 0 Å². The summed E-state index contributed by atoms with van der Waals surface area (Å²) in [5.41, 5.74) is 7.15. The Balaban J connectivity index is 1.75. The van der Waals surface area contributed by atoms with Crippen LogP contribution < -0.4 is 48.3 Å². The van der Waals surface area contributed by atoms with Crippen molar-refractivity contribution in [2.24, 2.45) is 5.73 Å². The second-order valence-electron chi connectivity index (χ2n) is 11.1. The van der Waals surface area contributed by atoms with E-state index in [1.54, 1.807) is 0 Å². The fraction of sp³-hybridized carbons (Fsp3) is 0.774. The number of amides is 1. The van der Waals surface area contributed by atoms with E-state index < -0.39 is 0 Å². The van der Waals surface area contributed by atoms with Crippen LogP contribution in [0.4, 0.5) is 0 Å². The summed E-state index contributed by atoms with van der Waals surface area (Å²) in [4.78, 5) is 14.7. The van der Waals surface area contributed by atoms with Gasteiger partial charge in [0, 0.05) is 105 Å². The van der Waals surface area contributed by atoms with E-state index in [0.29, 0.717) is 13.1 Å². The zero-order valence-corrected chi connectivity index (χ0v) is 26.2. The van der Waals surface area contributed by atoms with Crippen LogP contribution in [0.25, 0.3) is 0 Å². The lowest BCUT2D eigenvalue weighted by atomic mass is 10.1. The first-order valence-electron chi connectivity index (χ1n) is 16.5. The van der Waals surface area contributed by atoms with Gasteiger partial charge in [-0.25, -0.2) is 0 Å². The number of nitrogens with one attached hydrogen (secondary N) is 8. The van der Waals surface area contributed by atoms with Crippen molar-refractivity contribution < 1.29 is 4.79 Å². The highest BCUT2D eigenvalue weighted by molar-refractivity contribution is 5.80. The minimum atomic E-state index is -0.348. The highest BCUT2D eigenvalue weighted by Crippen LogP contribution is 2.06. The lowest BCUT2D eigenvalue weighted by Gasteiger charge is -2.27. The first-order chi connectivity index (χ1) is 20.8. The molecule has 0 spiro atoms. The van der Waals surface area contributed by atoms with Gasteiger partial charge in [-0.3, -0.25) is 4.79 Å². The lowest BCUT2D eigenvalue weighted by Crippen LogP contribution is -2.51. The third-order valence-electron chi connectivity index (χ3n) is 7.49. The van der Waals surface area contributed by atoms with E-state index in [0.717, 1.165) is 118 Å². The standard InChI is InChI=1S/C31H62N10O/c32-31(42)30-28-41(27-10-29-8-4-3-5-9-29)26-7-2-1-6-11-33-12-13-34-14-15-35-16-17-36-18-19-37-20-21-38-22-23-39-24-25-40-30/h3-5,8-9,30,33-40H,1-2,6-7,10-28H2,(H2,32,42). The predicted octanol–water partition coefficient (Wildman–Crippen LogP) is -1.32. The molecule has 0 aromatic heterocycles. The smallest absolute Gasteiger partial charge is 0.235 e. The molecule has 11 nitrogen and oxygen atoms in total. The molecule has 1 aromatic carbocycles. The minimum absolute atomic E-state index is 0.275. The van der Waals surface area contributed by atoms with Crippen LogP contribution in [-0.4, -0.2) is 135 Å². The molecule has 242 valence electrons. The predicted molar refractivity (Wildman–Crippen MR) is 176 cm³/mol. The second kappa shape index (κ2) is 26.9. The van der Waals surface area contributed by atoms with Crippen LogP contribution in [0, 0.1) is 0 Å². The Labute approximate surface area is 255 Å². The Morgan fingerprint density at radius 3 is 1.57 bits per heavy atom. The van der Waals surface area contributed by atoms with Crippen LogP contribution in [0.2, 0.25) is 0 Å². The number of nitrogens with zero attached hydrogens (tertiary/aromatic N) is 1. The van der Waals surface area contributed by atoms with Crippen LogP contribution in [0.1, 0.15) is 31.2 Å². The van der Waals surface area contributed by atoms with Crippen LogP contribution in [0.5, 0.6) is 0 Å². The zero-order chi connectivity index (χ0) is 29.8. The summed E-state index contributed by atoms with van der Waals surface area (Å²) in [6.07, 6.45) is 5.72. The molecule has 0 bridgehead atoms. The van der Waals surface area contributed by atoms with Crippen molar-refractivity contribution in [3.63, 3.8) is 0 Å². The summed E-state index contributed by atoms with van der Waals surface area (Å²) in [5.74, 6) is -0.275. The molecule has 42 heavy (non-hydrogen) atoms. The number of nitrogens with two attached hydrogens (primary N) is 1. The van der Waals surface area contributed by atoms with Gasteiger partial charge in [0.15, 0.2) is 0 Å². The highest BCUT2D eigenvalue weighted by Gasteiger charge is 2.18. The molecule has 1 aromatic rings. The highest BCUT2D eigenvalue weighted by atomic mass is 16.1. The van der Waals surface area contributed by atoms with E-state index >= 15 is 0 Å². The number of rotatable bonds is 4. The van der Waals surface area contributed by atoms with Gasteiger partial charge in [-0.05, 0) is 37.9 Å². The van der Waals surface area contributed by atoms with E-state index in [1.807, 2.05) is 0 Å². The third-order valence-corrected chi connectivity index (χ3v) is 7.49. The second-order valence-corrected chi connectivity index (χ2v) is 11.1. The fourth-order valence-electron chi connectivity index (χ4n) is 4.95. The third kappa shape index (κ3) is 21.1. The van der Waals surface area contributed by atoms with Crippen molar-refractivity contribution in [1.82, 2.24) is 47.4 Å². The summed E-state index contributed by atoms with van der Waals surface area (Å²) in [7, 11) is 0. The number of hydrogen-bond acceptors (Lipinski definition) is 10. The van der Waals surface area contributed by atoms with Gasteiger partial charge in [-0.1, -0.05) is 43.2 Å². The van der Waals surface area contributed by atoms with Crippen molar-refractivity contribution >= 4 is 5.91 Å². The molecule has 11 heteroatoms. The van der Waals surface area contributed by atoms with Gasteiger partial charge >= 0.3 is 0 Å². The Hall–Kier alpha value is -1.67. The number of benzene rings is 1. The molecule has 1 fully saturated rings. The first-order valence-corrected chi connectivity index (χ1v) is 16.5. The molecular weight excluding hydrogens is 528 g/mol. The molecule has 1 aliphatic rings. The summed E-state index contributed by atoms with van der Waals surface area (Å²) >= 11 is 0. The monoisotopic (exact) mass is 591 g/mol. The van der Waals surface area contributed by atoms with Crippen molar-refractivity contribution in [3.05, 3.63) is 35.9 Å². The van der Waals surface area contributed by atoms with E-state index in [-0.39, 0.29) is 11.9 Å². The topological polar surface area (TPSA) is 143 Å². The number of carbonyl (C=O) groups excluding carboxylic acids is 1. The Morgan fingerprint density at radius 1 is 0.619 bits per heavy atom. The van der Waals surface area contributed by atoms with Gasteiger partial charge in [-0.15, -0.1) is 0 Å². The summed E-state index contributed by atoms with van der Waals surface area (Å²) in [6, 6.07) is 10.2. The molecule has 1 aliphatic heterocycles. The zero-order valence-electron chi connectivity index (χ0n) is 26.2. The molecule has 1 atom stereocenters. The fourth-order valence-corrected chi connectivity index (χ4v) is 4.95. The van der Waals surface area contributed by atoms with Crippen molar-refractivity contribution in [3.8, 4) is 0 Å². The Bertz CT molecular complexity index is 742. The molecule has 0 saturated carbocycles. The molecule has 0 radical (unpaired) electrons. The molecule has 0 aliphatic carbocycles. The van der Waals surface area contributed by atoms with Crippen LogP contribution in [0.3, 0.4) is 0 Å². The SMILES string of the molecule is NC(=O)C1CN(CCc2ccccc2)CCCCCCNCCNCCNCCNCCNCCNCCNCCN1. The lowest BCUT2D eigenvalue weighted by molar-refractivity contribution is -0.120. The summed E-state index contributed by atoms with van der Waals surface area (Å²) < 4.78 is 0. The first kappa shape index (κ1) is 36.5. The molecule has 1 unspecified atom stereocenters. The van der Waals surface area contributed by atoms with Gasteiger partial charge in [-0.2, -0.15) is 0 Å². The molecule has 1 saturated heterocycles. The minimum Gasteiger partial charge on any atom is -0.368 e. The Kier molecular flexibility index (Phi) is 23.4. The van der Waals surface area contributed by atoms with Crippen LogP contribution in [0.15, 0.2) is 30.3 Å². The van der Waals surface area contributed by atoms with Crippen LogP contribution >= 0.6 is 0 Å². The van der Waals surface area contributed by atoms with Gasteiger partial charge < -0.3 is 53.2 Å². The molecule has 2 rings (SSSR count). The number of hydrogen-bond donors (Lipinski definition) is 9. The van der Waals surface area contributed by atoms with Gasteiger partial charge in [0.25, 0.3) is 0 Å². The van der Waals surface area contributed by atoms with Crippen molar-refractivity contribution in [2.75, 3.05) is 118 Å². The largest absolute Gasteiger partial charge is 0.368 e. The van der Waals surface area contributed by atoms with Crippen molar-refractivity contribution in [2.45, 2.75) is 38.1 Å². The Morgan fingerprint density at radius 2 is 1.07 bits per heavy atom. The maximum atomic E-state index is 12.3. The summed E-state index contributed by atoms with van der Waals surface area (Å²) in [5, 5.41) is 27.8. The molecule has 1 amide bonds. The summed E-state index contributed by atoms with van der Waals surface area (Å²) in [6.45, 7) is 16.8. The maximum absolute atomic E-state index is 12.3. The molecular formula is C31H62N10O. The average molecular weight is 591 g/mol. The van der Waals surface area contributed by atoms with E-state index in [1.165, 1.54) is 24.8 Å². The quantitative estimate of drug-likeness (QED) is 0.207. The van der Waals surface area contributed by atoms with E-state index in [9.17, 15) is 4.79 Å². The van der Waals surface area contributed by atoms with Gasteiger partial charge in [0.2, 0.25) is 5.91 Å². The normalized spacial score (nSPS) is 22.9. The van der Waals surface area contributed by atoms with E-state index in [4.69, 9.17) is 5.73 Å². The molecule has 1 heterocycles. The van der Waals surface area contributed by atoms with Crippen LogP contribution in [-0.2, 0) is 11.2 Å². The van der Waals surface area contributed by atoms with Crippen molar-refractivity contribution in [1.29, 1.82) is 0 Å². The number of carbonyl (C=O) groups is 1. The average Bonchev–Trinajstić information content (AvgIpc) is 3.00. The molecule has 10 N–H and O–H groups in total. The van der Waals surface area contributed by atoms with E-state index in [2.05, 4.69) is 77.8 Å². The maximum Gasteiger partial charge on any atom is 0.235 e.